The van der Waals surface area contributed by atoms with Crippen molar-refractivity contribution in [2.45, 2.75) is 0 Å². The third-order valence-corrected chi connectivity index (χ3v) is 2.30. The molecule has 0 atom stereocenters. The standard InChI is InChI=1S/C12H10ClN3O/c13-9-2-1-3-10(7-9)17-11-6-8(12(14)15)4-5-16-11/h1-7H,(H3,14,15). The summed E-state index contributed by atoms with van der Waals surface area (Å²) in [7, 11) is 0. The Kier molecular flexibility index (Phi) is 3.25. The maximum atomic E-state index is 7.32. The molecule has 0 saturated heterocycles. The molecule has 0 aliphatic rings. The molecule has 3 N–H and O–H groups in total. The van der Waals surface area contributed by atoms with Gasteiger partial charge >= 0.3 is 0 Å². The molecule has 17 heavy (non-hydrogen) atoms. The van der Waals surface area contributed by atoms with Crippen LogP contribution in [0.15, 0.2) is 42.6 Å². The number of pyridine rings is 1. The molecular formula is C12H10ClN3O. The van der Waals surface area contributed by atoms with Crippen molar-refractivity contribution in [3.63, 3.8) is 0 Å². The molecule has 5 heteroatoms. The predicted molar refractivity (Wildman–Crippen MR) is 66.8 cm³/mol. The van der Waals surface area contributed by atoms with Crippen molar-refractivity contribution >= 4 is 17.4 Å². The van der Waals surface area contributed by atoms with Gasteiger partial charge in [-0.3, -0.25) is 5.41 Å². The molecule has 0 saturated carbocycles. The van der Waals surface area contributed by atoms with E-state index in [2.05, 4.69) is 4.98 Å². The highest BCUT2D eigenvalue weighted by Gasteiger charge is 2.02. The van der Waals surface area contributed by atoms with Gasteiger partial charge in [-0.25, -0.2) is 4.98 Å². The molecule has 1 aromatic heterocycles. The Morgan fingerprint density at radius 1 is 1.29 bits per heavy atom. The quantitative estimate of drug-likeness (QED) is 0.647. The lowest BCUT2D eigenvalue weighted by atomic mass is 10.2. The van der Waals surface area contributed by atoms with E-state index in [0.29, 0.717) is 22.2 Å². The molecule has 0 bridgehead atoms. The number of ether oxygens (including phenoxy) is 1. The number of nitrogens with zero attached hydrogens (tertiary/aromatic N) is 1. The number of aromatic nitrogens is 1. The molecule has 0 amide bonds. The van der Waals surface area contributed by atoms with Crippen LogP contribution >= 0.6 is 11.6 Å². The zero-order chi connectivity index (χ0) is 12.3. The van der Waals surface area contributed by atoms with Crippen LogP contribution in [0.4, 0.5) is 0 Å². The van der Waals surface area contributed by atoms with Gasteiger partial charge in [-0.2, -0.15) is 0 Å². The van der Waals surface area contributed by atoms with Crippen LogP contribution < -0.4 is 10.5 Å². The number of nitrogen functional groups attached to an aromatic ring is 1. The van der Waals surface area contributed by atoms with Crippen molar-refractivity contribution < 1.29 is 4.74 Å². The van der Waals surface area contributed by atoms with Crippen molar-refractivity contribution in [3.8, 4) is 11.6 Å². The monoisotopic (exact) mass is 247 g/mol. The third kappa shape index (κ3) is 2.95. The van der Waals surface area contributed by atoms with E-state index < -0.39 is 0 Å². The molecule has 86 valence electrons. The third-order valence-electron chi connectivity index (χ3n) is 2.06. The maximum Gasteiger partial charge on any atom is 0.219 e. The topological polar surface area (TPSA) is 72.0 Å². The number of nitrogens with two attached hydrogens (primary N) is 1. The Labute approximate surface area is 104 Å². The van der Waals surface area contributed by atoms with E-state index in [-0.39, 0.29) is 5.84 Å². The second kappa shape index (κ2) is 4.84. The van der Waals surface area contributed by atoms with Crippen molar-refractivity contribution in [1.82, 2.24) is 4.98 Å². The molecular weight excluding hydrogens is 238 g/mol. The van der Waals surface area contributed by atoms with E-state index in [9.17, 15) is 0 Å². The Balaban J connectivity index is 2.24. The summed E-state index contributed by atoms with van der Waals surface area (Å²) in [5.41, 5.74) is 5.95. The first-order chi connectivity index (χ1) is 8.15. The van der Waals surface area contributed by atoms with Gasteiger partial charge in [-0.1, -0.05) is 17.7 Å². The van der Waals surface area contributed by atoms with Crippen LogP contribution in [0.25, 0.3) is 0 Å². The molecule has 0 radical (unpaired) electrons. The zero-order valence-corrected chi connectivity index (χ0v) is 9.61. The van der Waals surface area contributed by atoms with E-state index >= 15 is 0 Å². The molecule has 0 spiro atoms. The first-order valence-electron chi connectivity index (χ1n) is 4.89. The average Bonchev–Trinajstić information content (AvgIpc) is 2.29. The van der Waals surface area contributed by atoms with Crippen LogP contribution in [0.5, 0.6) is 11.6 Å². The first kappa shape index (κ1) is 11.4. The van der Waals surface area contributed by atoms with Gasteiger partial charge < -0.3 is 10.5 Å². The van der Waals surface area contributed by atoms with Gasteiger partial charge in [0.25, 0.3) is 0 Å². The Hall–Kier alpha value is -2.07. The number of halogens is 1. The van der Waals surface area contributed by atoms with Crippen molar-refractivity contribution in [2.24, 2.45) is 5.73 Å². The van der Waals surface area contributed by atoms with Crippen LogP contribution in [0.3, 0.4) is 0 Å². The van der Waals surface area contributed by atoms with Gasteiger partial charge in [-0.05, 0) is 24.3 Å². The van der Waals surface area contributed by atoms with Crippen LogP contribution in [0.1, 0.15) is 5.56 Å². The summed E-state index contributed by atoms with van der Waals surface area (Å²) in [6.07, 6.45) is 1.54. The number of hydrogen-bond acceptors (Lipinski definition) is 3. The summed E-state index contributed by atoms with van der Waals surface area (Å²) in [4.78, 5) is 4.03. The fraction of sp³-hybridized carbons (Fsp3) is 0. The summed E-state index contributed by atoms with van der Waals surface area (Å²) in [6, 6.07) is 10.2. The van der Waals surface area contributed by atoms with E-state index in [1.807, 2.05) is 0 Å². The fourth-order valence-electron chi connectivity index (χ4n) is 1.28. The molecule has 4 nitrogen and oxygen atoms in total. The van der Waals surface area contributed by atoms with Crippen molar-refractivity contribution in [2.75, 3.05) is 0 Å². The van der Waals surface area contributed by atoms with Gasteiger partial charge in [0.2, 0.25) is 5.88 Å². The second-order valence-electron chi connectivity index (χ2n) is 3.36. The summed E-state index contributed by atoms with van der Waals surface area (Å²) >= 11 is 5.84. The maximum absolute atomic E-state index is 7.32. The minimum Gasteiger partial charge on any atom is -0.439 e. The van der Waals surface area contributed by atoms with Gasteiger partial charge in [0.05, 0.1) is 0 Å². The number of amidine groups is 1. The highest BCUT2D eigenvalue weighted by molar-refractivity contribution is 6.30. The number of nitrogens with one attached hydrogen (secondary N) is 1. The highest BCUT2D eigenvalue weighted by atomic mass is 35.5. The molecule has 2 aromatic rings. The molecule has 0 unspecified atom stereocenters. The average molecular weight is 248 g/mol. The summed E-state index contributed by atoms with van der Waals surface area (Å²) < 4.78 is 5.50. The van der Waals surface area contributed by atoms with E-state index in [0.717, 1.165) is 0 Å². The SMILES string of the molecule is N=C(N)c1ccnc(Oc2cccc(Cl)c2)c1. The fourth-order valence-corrected chi connectivity index (χ4v) is 1.46. The Bertz CT molecular complexity index is 557. The minimum absolute atomic E-state index is 0.0247. The smallest absolute Gasteiger partial charge is 0.219 e. The summed E-state index contributed by atoms with van der Waals surface area (Å²) in [5, 5.41) is 7.91. The van der Waals surface area contributed by atoms with E-state index in [1.54, 1.807) is 36.4 Å². The van der Waals surface area contributed by atoms with E-state index in [4.69, 9.17) is 27.5 Å². The molecule has 0 aliphatic carbocycles. The highest BCUT2D eigenvalue weighted by Crippen LogP contribution is 2.22. The minimum atomic E-state index is -0.0247. The molecule has 1 heterocycles. The molecule has 2 rings (SSSR count). The van der Waals surface area contributed by atoms with Gasteiger partial charge in [0.1, 0.15) is 11.6 Å². The second-order valence-corrected chi connectivity index (χ2v) is 3.79. The van der Waals surface area contributed by atoms with E-state index in [1.165, 1.54) is 6.20 Å². The summed E-state index contributed by atoms with van der Waals surface area (Å²) in [6.45, 7) is 0. The molecule has 0 fully saturated rings. The van der Waals surface area contributed by atoms with Crippen LogP contribution in [-0.2, 0) is 0 Å². The Morgan fingerprint density at radius 2 is 2.12 bits per heavy atom. The van der Waals surface area contributed by atoms with Crippen LogP contribution in [0.2, 0.25) is 5.02 Å². The van der Waals surface area contributed by atoms with Gasteiger partial charge in [0, 0.05) is 22.8 Å². The largest absolute Gasteiger partial charge is 0.439 e. The van der Waals surface area contributed by atoms with Crippen molar-refractivity contribution in [1.29, 1.82) is 5.41 Å². The van der Waals surface area contributed by atoms with Crippen LogP contribution in [-0.4, -0.2) is 10.8 Å². The predicted octanol–water partition coefficient (Wildman–Crippen LogP) is 2.81. The molecule has 0 aliphatic heterocycles. The van der Waals surface area contributed by atoms with Crippen molar-refractivity contribution in [3.05, 3.63) is 53.2 Å². The Morgan fingerprint density at radius 3 is 2.82 bits per heavy atom. The van der Waals surface area contributed by atoms with Crippen LogP contribution in [0, 0.1) is 5.41 Å². The van der Waals surface area contributed by atoms with Gasteiger partial charge in [-0.15, -0.1) is 0 Å². The normalized spacial score (nSPS) is 9.94. The first-order valence-corrected chi connectivity index (χ1v) is 5.27. The molecule has 1 aromatic carbocycles. The number of benzene rings is 1. The van der Waals surface area contributed by atoms with Gasteiger partial charge in [0.15, 0.2) is 0 Å². The lowest BCUT2D eigenvalue weighted by Crippen LogP contribution is -2.11. The zero-order valence-electron chi connectivity index (χ0n) is 8.85. The summed E-state index contributed by atoms with van der Waals surface area (Å²) in [5.74, 6) is 0.939. The lowest BCUT2D eigenvalue weighted by Gasteiger charge is -2.06. The lowest BCUT2D eigenvalue weighted by molar-refractivity contribution is 0.463. The number of hydrogen-bond donors (Lipinski definition) is 2. The number of rotatable bonds is 3.